The summed E-state index contributed by atoms with van der Waals surface area (Å²) in [6.45, 7) is 12.7. The van der Waals surface area contributed by atoms with Crippen molar-refractivity contribution in [3.63, 3.8) is 0 Å². The molecule has 0 aromatic heterocycles. The van der Waals surface area contributed by atoms with E-state index in [0.29, 0.717) is 0 Å². The van der Waals surface area contributed by atoms with Gasteiger partial charge >= 0.3 is 0 Å². The van der Waals surface area contributed by atoms with Crippen molar-refractivity contribution in [3.8, 4) is 0 Å². The smallest absolute Gasteiger partial charge is 0.0329 e. The lowest BCUT2D eigenvalue weighted by Gasteiger charge is -2.47. The lowest BCUT2D eigenvalue weighted by atomic mass is 9.81. The Balaban J connectivity index is 2.60. The van der Waals surface area contributed by atoms with E-state index in [1.807, 2.05) is 0 Å². The second-order valence-electron chi connectivity index (χ2n) is 6.45. The van der Waals surface area contributed by atoms with Crippen molar-refractivity contribution >= 4 is 0 Å². The highest BCUT2D eigenvalue weighted by Crippen LogP contribution is 2.32. The summed E-state index contributed by atoms with van der Waals surface area (Å²) in [5, 5.41) is 0. The molecule has 1 fully saturated rings. The van der Waals surface area contributed by atoms with E-state index in [1.54, 1.807) is 0 Å². The van der Waals surface area contributed by atoms with Crippen LogP contribution in [0.3, 0.4) is 0 Å². The van der Waals surface area contributed by atoms with E-state index in [0.717, 1.165) is 18.4 Å². The maximum Gasteiger partial charge on any atom is 0.0329 e. The number of unbranched alkanes of at least 4 members (excludes halogenated alkanes) is 1. The maximum atomic E-state index is 6.14. The van der Waals surface area contributed by atoms with Crippen molar-refractivity contribution in [3.05, 3.63) is 0 Å². The first-order valence-corrected chi connectivity index (χ1v) is 8.04. The van der Waals surface area contributed by atoms with Crippen LogP contribution in [0.25, 0.3) is 0 Å². The van der Waals surface area contributed by atoms with Crippen LogP contribution in [0.1, 0.15) is 66.2 Å². The first kappa shape index (κ1) is 16.0. The number of piperidine rings is 1. The first-order valence-electron chi connectivity index (χ1n) is 8.04. The highest BCUT2D eigenvalue weighted by Gasteiger charge is 2.35. The van der Waals surface area contributed by atoms with Gasteiger partial charge in [0.1, 0.15) is 0 Å². The fraction of sp³-hybridized carbons (Fsp3) is 1.00. The minimum atomic E-state index is 0.290. The first-order chi connectivity index (χ1) is 8.59. The molecule has 2 N–H and O–H groups in total. The van der Waals surface area contributed by atoms with Gasteiger partial charge in [-0.25, -0.2) is 0 Å². The summed E-state index contributed by atoms with van der Waals surface area (Å²) in [7, 11) is 0. The average Bonchev–Trinajstić information content (AvgIpc) is 2.41. The molecule has 0 bridgehead atoms. The zero-order valence-electron chi connectivity index (χ0n) is 13.0. The van der Waals surface area contributed by atoms with Crippen molar-refractivity contribution in [1.29, 1.82) is 0 Å². The largest absolute Gasteiger partial charge is 0.329 e. The Labute approximate surface area is 114 Å². The number of hydrogen-bond acceptors (Lipinski definition) is 2. The van der Waals surface area contributed by atoms with Crippen LogP contribution in [0.5, 0.6) is 0 Å². The van der Waals surface area contributed by atoms with Gasteiger partial charge in [-0.1, -0.05) is 40.5 Å². The molecule has 1 heterocycles. The minimum absolute atomic E-state index is 0.290. The molecule has 0 aliphatic carbocycles. The maximum absolute atomic E-state index is 6.14. The van der Waals surface area contributed by atoms with Crippen LogP contribution in [0.4, 0.5) is 0 Å². The van der Waals surface area contributed by atoms with Gasteiger partial charge in [0, 0.05) is 12.1 Å². The molecule has 0 amide bonds. The second kappa shape index (κ2) is 7.49. The van der Waals surface area contributed by atoms with Crippen LogP contribution in [-0.2, 0) is 0 Å². The standard InChI is InChI=1S/C16H34N2/c1-5-7-10-16(6-2,13-17)18-11-8-15(9-12-18)14(3)4/h14-15H,5-13,17H2,1-4H3. The van der Waals surface area contributed by atoms with Gasteiger partial charge in [0.2, 0.25) is 0 Å². The van der Waals surface area contributed by atoms with E-state index in [4.69, 9.17) is 5.73 Å². The Bertz CT molecular complexity index is 213. The Kier molecular flexibility index (Phi) is 6.65. The molecule has 18 heavy (non-hydrogen) atoms. The topological polar surface area (TPSA) is 29.3 Å². The normalized spacial score (nSPS) is 22.3. The van der Waals surface area contributed by atoms with Gasteiger partial charge in [-0.3, -0.25) is 4.90 Å². The molecular weight excluding hydrogens is 220 g/mol. The summed E-state index contributed by atoms with van der Waals surface area (Å²) in [5.41, 5.74) is 6.43. The third kappa shape index (κ3) is 3.71. The van der Waals surface area contributed by atoms with Crippen LogP contribution < -0.4 is 5.73 Å². The Morgan fingerprint density at radius 1 is 1.22 bits per heavy atom. The summed E-state index contributed by atoms with van der Waals surface area (Å²) in [6.07, 6.45) is 7.81. The molecule has 0 saturated carbocycles. The fourth-order valence-electron chi connectivity index (χ4n) is 3.48. The molecule has 2 heteroatoms. The molecule has 0 spiro atoms. The molecule has 1 aliphatic heterocycles. The van der Waals surface area contributed by atoms with Crippen molar-refractivity contribution < 1.29 is 0 Å². The minimum Gasteiger partial charge on any atom is -0.329 e. The third-order valence-electron chi connectivity index (χ3n) is 5.19. The summed E-state index contributed by atoms with van der Waals surface area (Å²) < 4.78 is 0. The number of hydrogen-bond donors (Lipinski definition) is 1. The van der Waals surface area contributed by atoms with Gasteiger partial charge in [-0.2, -0.15) is 0 Å². The third-order valence-corrected chi connectivity index (χ3v) is 5.19. The molecule has 0 aromatic carbocycles. The predicted octanol–water partition coefficient (Wildman–Crippen LogP) is 3.65. The van der Waals surface area contributed by atoms with E-state index in [9.17, 15) is 0 Å². The molecule has 0 aromatic rings. The van der Waals surface area contributed by atoms with Crippen LogP contribution in [-0.4, -0.2) is 30.1 Å². The zero-order chi connectivity index (χ0) is 13.6. The molecule has 2 nitrogen and oxygen atoms in total. The molecule has 1 aliphatic rings. The van der Waals surface area contributed by atoms with Crippen LogP contribution >= 0.6 is 0 Å². The van der Waals surface area contributed by atoms with Crippen LogP contribution in [0.15, 0.2) is 0 Å². The van der Waals surface area contributed by atoms with E-state index < -0.39 is 0 Å². The molecule has 1 unspecified atom stereocenters. The quantitative estimate of drug-likeness (QED) is 0.751. The highest BCUT2D eigenvalue weighted by atomic mass is 15.2. The predicted molar refractivity (Wildman–Crippen MR) is 80.7 cm³/mol. The molecule has 108 valence electrons. The van der Waals surface area contributed by atoms with E-state index in [1.165, 1.54) is 51.6 Å². The van der Waals surface area contributed by atoms with Crippen molar-refractivity contribution in [2.45, 2.75) is 71.8 Å². The molecule has 1 rings (SSSR count). The lowest BCUT2D eigenvalue weighted by Crippen LogP contribution is -2.56. The Morgan fingerprint density at radius 3 is 2.22 bits per heavy atom. The lowest BCUT2D eigenvalue weighted by molar-refractivity contribution is 0.0351. The summed E-state index contributed by atoms with van der Waals surface area (Å²) in [4.78, 5) is 2.71. The number of nitrogens with two attached hydrogens (primary N) is 1. The van der Waals surface area contributed by atoms with Gasteiger partial charge in [-0.15, -0.1) is 0 Å². The van der Waals surface area contributed by atoms with Crippen molar-refractivity contribution in [2.24, 2.45) is 17.6 Å². The van der Waals surface area contributed by atoms with E-state index >= 15 is 0 Å². The van der Waals surface area contributed by atoms with E-state index in [-0.39, 0.29) is 5.54 Å². The van der Waals surface area contributed by atoms with Crippen LogP contribution in [0, 0.1) is 11.8 Å². The SMILES string of the molecule is CCCCC(CC)(CN)N1CCC(C(C)C)CC1. The monoisotopic (exact) mass is 254 g/mol. The molecule has 1 saturated heterocycles. The summed E-state index contributed by atoms with van der Waals surface area (Å²) in [6, 6.07) is 0. The summed E-state index contributed by atoms with van der Waals surface area (Å²) in [5.74, 6) is 1.77. The fourth-order valence-corrected chi connectivity index (χ4v) is 3.48. The second-order valence-corrected chi connectivity index (χ2v) is 6.45. The van der Waals surface area contributed by atoms with Gasteiger partial charge in [-0.05, 0) is 50.6 Å². The summed E-state index contributed by atoms with van der Waals surface area (Å²) >= 11 is 0. The van der Waals surface area contributed by atoms with Crippen molar-refractivity contribution in [1.82, 2.24) is 4.90 Å². The highest BCUT2D eigenvalue weighted by molar-refractivity contribution is 4.93. The van der Waals surface area contributed by atoms with Gasteiger partial charge < -0.3 is 5.73 Å². The zero-order valence-corrected chi connectivity index (χ0v) is 13.0. The molecule has 1 atom stereocenters. The number of likely N-dealkylation sites (tertiary alicyclic amines) is 1. The van der Waals surface area contributed by atoms with Gasteiger partial charge in [0.15, 0.2) is 0 Å². The Morgan fingerprint density at radius 2 is 1.83 bits per heavy atom. The molecule has 0 radical (unpaired) electrons. The van der Waals surface area contributed by atoms with Crippen LogP contribution in [0.2, 0.25) is 0 Å². The van der Waals surface area contributed by atoms with Crippen molar-refractivity contribution in [2.75, 3.05) is 19.6 Å². The average molecular weight is 254 g/mol. The number of rotatable bonds is 7. The van der Waals surface area contributed by atoms with E-state index in [2.05, 4.69) is 32.6 Å². The van der Waals surface area contributed by atoms with Gasteiger partial charge in [0.05, 0.1) is 0 Å². The number of nitrogens with zero attached hydrogens (tertiary/aromatic N) is 1. The van der Waals surface area contributed by atoms with Gasteiger partial charge in [0.25, 0.3) is 0 Å². The molecular formula is C16H34N2. The Hall–Kier alpha value is -0.0800.